The topological polar surface area (TPSA) is 83.5 Å². The number of carboxylic acid groups (broad SMARTS) is 1. The summed E-state index contributed by atoms with van der Waals surface area (Å²) in [5.41, 5.74) is 0. The SMILES string of the molecule is CCC(=O)C(=O)N[C@H](CCC(=O)O)CC(C)C. The smallest absolute Gasteiger partial charge is 0.303 e. The third kappa shape index (κ3) is 7.49. The zero-order valence-electron chi connectivity index (χ0n) is 10.7. The zero-order chi connectivity index (χ0) is 13.4. The second-order valence-electron chi connectivity index (χ2n) is 4.51. The van der Waals surface area contributed by atoms with Crippen LogP contribution in [0.3, 0.4) is 0 Å². The molecule has 0 bridgehead atoms. The van der Waals surface area contributed by atoms with E-state index in [-0.39, 0.29) is 18.9 Å². The van der Waals surface area contributed by atoms with Gasteiger partial charge in [-0.3, -0.25) is 14.4 Å². The van der Waals surface area contributed by atoms with Crippen LogP contribution in [0.25, 0.3) is 0 Å². The Labute approximate surface area is 102 Å². The van der Waals surface area contributed by atoms with Crippen molar-refractivity contribution >= 4 is 17.7 Å². The predicted molar refractivity (Wildman–Crippen MR) is 63.6 cm³/mol. The molecule has 0 heterocycles. The average molecular weight is 243 g/mol. The van der Waals surface area contributed by atoms with Gasteiger partial charge in [0.15, 0.2) is 0 Å². The fraction of sp³-hybridized carbons (Fsp3) is 0.750. The van der Waals surface area contributed by atoms with E-state index in [0.29, 0.717) is 18.8 Å². The van der Waals surface area contributed by atoms with Crippen LogP contribution in [0.2, 0.25) is 0 Å². The van der Waals surface area contributed by atoms with Gasteiger partial charge in [-0.2, -0.15) is 0 Å². The molecule has 17 heavy (non-hydrogen) atoms. The van der Waals surface area contributed by atoms with Gasteiger partial charge in [0.2, 0.25) is 5.78 Å². The second-order valence-corrected chi connectivity index (χ2v) is 4.51. The van der Waals surface area contributed by atoms with Crippen molar-refractivity contribution in [3.63, 3.8) is 0 Å². The number of carbonyl (C=O) groups is 3. The summed E-state index contributed by atoms with van der Waals surface area (Å²) in [6.07, 6.45) is 1.20. The van der Waals surface area contributed by atoms with Crippen LogP contribution < -0.4 is 5.32 Å². The van der Waals surface area contributed by atoms with E-state index in [0.717, 1.165) is 0 Å². The lowest BCUT2D eigenvalue weighted by Crippen LogP contribution is -2.40. The molecule has 0 aliphatic heterocycles. The number of hydrogen-bond acceptors (Lipinski definition) is 3. The van der Waals surface area contributed by atoms with Gasteiger partial charge in [0.05, 0.1) is 0 Å². The molecule has 5 nitrogen and oxygen atoms in total. The van der Waals surface area contributed by atoms with Crippen molar-refractivity contribution in [2.75, 3.05) is 0 Å². The molecule has 0 aromatic heterocycles. The molecule has 0 radical (unpaired) electrons. The molecule has 0 aliphatic rings. The number of hydrogen-bond donors (Lipinski definition) is 2. The molecule has 1 amide bonds. The number of aliphatic carboxylic acids is 1. The number of carboxylic acids is 1. The Morgan fingerprint density at radius 1 is 1.24 bits per heavy atom. The number of Topliss-reactive ketones (excluding diaryl/α,β-unsaturated/α-hetero) is 1. The van der Waals surface area contributed by atoms with Crippen molar-refractivity contribution < 1.29 is 19.5 Å². The van der Waals surface area contributed by atoms with Crippen molar-refractivity contribution in [2.24, 2.45) is 5.92 Å². The first kappa shape index (κ1) is 15.6. The highest BCUT2D eigenvalue weighted by atomic mass is 16.4. The van der Waals surface area contributed by atoms with Crippen molar-refractivity contribution in [1.29, 1.82) is 0 Å². The first-order valence-electron chi connectivity index (χ1n) is 5.92. The van der Waals surface area contributed by atoms with Crippen molar-refractivity contribution in [3.8, 4) is 0 Å². The monoisotopic (exact) mass is 243 g/mol. The zero-order valence-corrected chi connectivity index (χ0v) is 10.7. The molecular weight excluding hydrogens is 222 g/mol. The molecule has 0 rings (SSSR count). The van der Waals surface area contributed by atoms with Gasteiger partial charge in [0.25, 0.3) is 5.91 Å². The summed E-state index contributed by atoms with van der Waals surface area (Å²) in [6.45, 7) is 5.60. The summed E-state index contributed by atoms with van der Waals surface area (Å²) in [6, 6.07) is -0.242. The summed E-state index contributed by atoms with van der Waals surface area (Å²) >= 11 is 0. The lowest BCUT2D eigenvalue weighted by Gasteiger charge is -2.19. The van der Waals surface area contributed by atoms with Crippen LogP contribution in [-0.4, -0.2) is 28.8 Å². The first-order valence-corrected chi connectivity index (χ1v) is 5.92. The highest BCUT2D eigenvalue weighted by molar-refractivity contribution is 6.36. The highest BCUT2D eigenvalue weighted by Gasteiger charge is 2.18. The molecule has 1 atom stereocenters. The maximum Gasteiger partial charge on any atom is 0.303 e. The molecule has 2 N–H and O–H groups in total. The average Bonchev–Trinajstić information content (AvgIpc) is 2.23. The van der Waals surface area contributed by atoms with Crippen LogP contribution in [0.5, 0.6) is 0 Å². The molecule has 0 aromatic carbocycles. The van der Waals surface area contributed by atoms with E-state index < -0.39 is 17.7 Å². The van der Waals surface area contributed by atoms with Crippen LogP contribution in [0.1, 0.15) is 46.5 Å². The van der Waals surface area contributed by atoms with Crippen molar-refractivity contribution in [2.45, 2.75) is 52.5 Å². The van der Waals surface area contributed by atoms with Gasteiger partial charge < -0.3 is 10.4 Å². The normalized spacial score (nSPS) is 12.2. The molecule has 0 aromatic rings. The molecule has 98 valence electrons. The van der Waals surface area contributed by atoms with Crippen molar-refractivity contribution in [3.05, 3.63) is 0 Å². The fourth-order valence-corrected chi connectivity index (χ4v) is 1.54. The van der Waals surface area contributed by atoms with E-state index >= 15 is 0 Å². The summed E-state index contributed by atoms with van der Waals surface area (Å²) in [7, 11) is 0. The third-order valence-corrected chi connectivity index (χ3v) is 2.37. The lowest BCUT2D eigenvalue weighted by atomic mass is 9.99. The largest absolute Gasteiger partial charge is 0.481 e. The van der Waals surface area contributed by atoms with Crippen LogP contribution in [0.15, 0.2) is 0 Å². The van der Waals surface area contributed by atoms with E-state index in [9.17, 15) is 14.4 Å². The number of ketones is 1. The van der Waals surface area contributed by atoms with Gasteiger partial charge in [-0.1, -0.05) is 20.8 Å². The standard InChI is InChI=1S/C12H21NO4/c1-4-10(14)12(17)13-9(7-8(2)3)5-6-11(15)16/h8-9H,4-7H2,1-3H3,(H,13,17)(H,15,16)/t9-/m1/s1. The van der Waals surface area contributed by atoms with E-state index in [1.165, 1.54) is 0 Å². The number of carbonyl (C=O) groups excluding carboxylic acids is 2. The van der Waals surface area contributed by atoms with E-state index in [1.807, 2.05) is 13.8 Å². The predicted octanol–water partition coefficient (Wildman–Crippen LogP) is 1.36. The molecule has 0 fully saturated rings. The number of nitrogens with one attached hydrogen (secondary N) is 1. The van der Waals surface area contributed by atoms with Crippen LogP contribution >= 0.6 is 0 Å². The van der Waals surface area contributed by atoms with Crippen molar-refractivity contribution in [1.82, 2.24) is 5.32 Å². The number of rotatable bonds is 8. The molecule has 5 heteroatoms. The second kappa shape index (κ2) is 7.81. The van der Waals surface area contributed by atoms with Crippen LogP contribution in [0.4, 0.5) is 0 Å². The van der Waals surface area contributed by atoms with Crippen LogP contribution in [0, 0.1) is 5.92 Å². The van der Waals surface area contributed by atoms with Gasteiger partial charge in [0, 0.05) is 18.9 Å². The fourth-order valence-electron chi connectivity index (χ4n) is 1.54. The Balaban J connectivity index is 4.31. The lowest BCUT2D eigenvalue weighted by molar-refractivity contribution is -0.139. The Morgan fingerprint density at radius 2 is 1.82 bits per heavy atom. The maximum absolute atomic E-state index is 11.4. The molecule has 0 saturated heterocycles. The van der Waals surface area contributed by atoms with Gasteiger partial charge in [0.1, 0.15) is 0 Å². The first-order chi connectivity index (χ1) is 7.86. The molecule has 0 spiro atoms. The Hall–Kier alpha value is -1.39. The van der Waals surface area contributed by atoms with E-state index in [1.54, 1.807) is 6.92 Å². The Kier molecular flexibility index (Phi) is 7.18. The quantitative estimate of drug-likeness (QED) is 0.630. The summed E-state index contributed by atoms with van der Waals surface area (Å²) in [4.78, 5) is 33.0. The molecular formula is C12H21NO4. The highest BCUT2D eigenvalue weighted by Crippen LogP contribution is 2.10. The van der Waals surface area contributed by atoms with Gasteiger partial charge >= 0.3 is 5.97 Å². The molecule has 0 aliphatic carbocycles. The number of amides is 1. The van der Waals surface area contributed by atoms with E-state index in [2.05, 4.69) is 5.32 Å². The minimum Gasteiger partial charge on any atom is -0.481 e. The molecule has 0 saturated carbocycles. The Morgan fingerprint density at radius 3 is 2.24 bits per heavy atom. The van der Waals surface area contributed by atoms with Gasteiger partial charge in [-0.25, -0.2) is 0 Å². The van der Waals surface area contributed by atoms with Gasteiger partial charge in [-0.05, 0) is 18.8 Å². The Bertz CT molecular complexity index is 286. The van der Waals surface area contributed by atoms with Crippen LogP contribution in [-0.2, 0) is 14.4 Å². The summed E-state index contributed by atoms with van der Waals surface area (Å²) < 4.78 is 0. The molecule has 0 unspecified atom stereocenters. The van der Waals surface area contributed by atoms with E-state index in [4.69, 9.17) is 5.11 Å². The summed E-state index contributed by atoms with van der Waals surface area (Å²) in [5, 5.41) is 11.2. The summed E-state index contributed by atoms with van der Waals surface area (Å²) in [5.74, 6) is -1.63. The minimum atomic E-state index is -0.894. The minimum absolute atomic E-state index is 0.00200. The van der Waals surface area contributed by atoms with Gasteiger partial charge in [-0.15, -0.1) is 0 Å². The maximum atomic E-state index is 11.4. The third-order valence-electron chi connectivity index (χ3n) is 2.37.